The van der Waals surface area contributed by atoms with Crippen molar-refractivity contribution in [1.29, 1.82) is 0 Å². The lowest BCUT2D eigenvalue weighted by Gasteiger charge is -2.24. The first kappa shape index (κ1) is 20.5. The van der Waals surface area contributed by atoms with Gasteiger partial charge in [0.2, 0.25) is 0 Å². The van der Waals surface area contributed by atoms with Gasteiger partial charge in [-0.2, -0.15) is 5.10 Å². The average Bonchev–Trinajstić information content (AvgIpc) is 3.32. The zero-order chi connectivity index (χ0) is 21.1. The highest BCUT2D eigenvalue weighted by molar-refractivity contribution is 5.75. The molecule has 1 fully saturated rings. The zero-order valence-corrected chi connectivity index (χ0v) is 18.1. The van der Waals surface area contributed by atoms with E-state index in [1.165, 1.54) is 24.8 Å². The number of urea groups is 1. The summed E-state index contributed by atoms with van der Waals surface area (Å²) in [5.74, 6) is 1.09. The number of nitrogens with zero attached hydrogens (tertiary/aromatic N) is 2. The predicted octanol–water partition coefficient (Wildman–Crippen LogP) is 4.54. The van der Waals surface area contributed by atoms with Crippen molar-refractivity contribution in [3.8, 4) is 11.4 Å². The number of carbonyl (C=O) groups excluding carboxylic acids is 1. The van der Waals surface area contributed by atoms with E-state index < -0.39 is 0 Å². The van der Waals surface area contributed by atoms with Crippen LogP contribution in [-0.4, -0.2) is 35.0 Å². The Morgan fingerprint density at radius 2 is 1.80 bits per heavy atom. The normalized spacial score (nSPS) is 21.6. The fraction of sp³-hybridized carbons (Fsp3) is 0.500. The molecule has 0 bridgehead atoms. The van der Waals surface area contributed by atoms with Crippen molar-refractivity contribution in [3.05, 3.63) is 53.4 Å². The molecule has 2 atom stereocenters. The number of ether oxygens (including phenoxy) is 1. The fourth-order valence-corrected chi connectivity index (χ4v) is 4.83. The smallest absolute Gasteiger partial charge is 0.315 e. The van der Waals surface area contributed by atoms with Crippen LogP contribution < -0.4 is 15.4 Å². The summed E-state index contributed by atoms with van der Waals surface area (Å²) in [4.78, 5) is 12.4. The molecule has 2 aliphatic rings. The Morgan fingerprint density at radius 1 is 1.07 bits per heavy atom. The molecular weight excluding hydrogens is 376 g/mol. The third-order valence-corrected chi connectivity index (χ3v) is 6.38. The number of methoxy groups -OCH3 is 1. The Kier molecular flexibility index (Phi) is 6.11. The number of hydrogen-bond donors (Lipinski definition) is 2. The summed E-state index contributed by atoms with van der Waals surface area (Å²) in [6.45, 7) is 4.18. The van der Waals surface area contributed by atoms with Crippen LogP contribution in [0.5, 0.6) is 5.75 Å². The molecule has 6 nitrogen and oxygen atoms in total. The van der Waals surface area contributed by atoms with E-state index in [-0.39, 0.29) is 18.0 Å². The van der Waals surface area contributed by atoms with Crippen LogP contribution in [0.2, 0.25) is 0 Å². The van der Waals surface area contributed by atoms with Gasteiger partial charge < -0.3 is 15.4 Å². The fourth-order valence-electron chi connectivity index (χ4n) is 4.83. The van der Waals surface area contributed by atoms with Gasteiger partial charge in [-0.15, -0.1) is 0 Å². The Balaban J connectivity index is 1.41. The largest absolute Gasteiger partial charge is 0.497 e. The molecule has 2 amide bonds. The van der Waals surface area contributed by atoms with Gasteiger partial charge in [0.05, 0.1) is 18.5 Å². The van der Waals surface area contributed by atoms with E-state index in [4.69, 9.17) is 9.84 Å². The summed E-state index contributed by atoms with van der Waals surface area (Å²) in [6.07, 6.45) is 11.1. The summed E-state index contributed by atoms with van der Waals surface area (Å²) in [5.41, 5.74) is 4.44. The van der Waals surface area contributed by atoms with E-state index in [1.807, 2.05) is 28.9 Å². The highest BCUT2D eigenvalue weighted by Gasteiger charge is 2.27. The molecule has 1 heterocycles. The molecule has 0 aliphatic heterocycles. The lowest BCUT2D eigenvalue weighted by molar-refractivity contribution is 0.230. The number of amides is 2. The van der Waals surface area contributed by atoms with Crippen molar-refractivity contribution in [3.63, 3.8) is 0 Å². The molecule has 1 saturated carbocycles. The summed E-state index contributed by atoms with van der Waals surface area (Å²) in [7, 11) is 1.67. The van der Waals surface area contributed by atoms with E-state index in [1.54, 1.807) is 7.11 Å². The number of aryl methyl sites for hydroxylation is 1. The Labute approximate surface area is 178 Å². The Bertz CT molecular complexity index is 910. The number of rotatable bonds is 5. The maximum atomic E-state index is 12.4. The third kappa shape index (κ3) is 4.37. The van der Waals surface area contributed by atoms with Gasteiger partial charge in [-0.1, -0.05) is 31.4 Å². The first-order valence-electron chi connectivity index (χ1n) is 11.0. The molecule has 0 saturated heterocycles. The van der Waals surface area contributed by atoms with Gasteiger partial charge in [-0.3, -0.25) is 0 Å². The van der Waals surface area contributed by atoms with Crippen molar-refractivity contribution >= 4 is 6.03 Å². The average molecular weight is 409 g/mol. The molecule has 2 N–H and O–H groups in total. The predicted molar refractivity (Wildman–Crippen MR) is 118 cm³/mol. The highest BCUT2D eigenvalue weighted by atomic mass is 16.5. The summed E-state index contributed by atoms with van der Waals surface area (Å²) >= 11 is 0. The van der Waals surface area contributed by atoms with Crippen LogP contribution in [0.15, 0.2) is 36.4 Å². The van der Waals surface area contributed by atoms with Crippen molar-refractivity contribution in [2.45, 2.75) is 70.4 Å². The summed E-state index contributed by atoms with van der Waals surface area (Å²) in [6, 6.07) is 8.28. The minimum atomic E-state index is -0.0421. The molecule has 1 aromatic carbocycles. The maximum Gasteiger partial charge on any atom is 0.315 e. The maximum absolute atomic E-state index is 12.4. The topological polar surface area (TPSA) is 68.2 Å². The molecular formula is C24H32N4O2. The molecule has 30 heavy (non-hydrogen) atoms. The molecule has 2 aromatic rings. The minimum Gasteiger partial charge on any atom is -0.497 e. The molecule has 6 heteroatoms. The Morgan fingerprint density at radius 3 is 2.50 bits per heavy atom. The van der Waals surface area contributed by atoms with Crippen LogP contribution in [0, 0.1) is 13.8 Å². The van der Waals surface area contributed by atoms with Crippen molar-refractivity contribution in [2.24, 2.45) is 0 Å². The lowest BCUT2D eigenvalue weighted by atomic mass is 9.95. The summed E-state index contributed by atoms with van der Waals surface area (Å²) in [5, 5.41) is 11.1. The number of allylic oxidation sites excluding steroid dienone is 1. The van der Waals surface area contributed by atoms with Crippen LogP contribution in [0.1, 0.15) is 61.4 Å². The molecule has 2 aliphatic carbocycles. The molecule has 0 spiro atoms. The number of hydrogen-bond acceptors (Lipinski definition) is 3. The number of nitrogens with one attached hydrogen (secondary N) is 2. The van der Waals surface area contributed by atoms with Crippen LogP contribution in [0.4, 0.5) is 4.79 Å². The number of aromatic nitrogens is 2. The standard InChI is InChI=1S/C24H32N4O2/c1-16-23(17(2)28(27-16)21-11-13-22(30-3)14-12-21)18-9-10-20(15-18)26-24(29)25-19-7-5-4-6-8-19/h9-14,18-20H,4-8,15H2,1-3H3,(H2,25,26,29)/t18-,20-/m1/s1. The first-order valence-corrected chi connectivity index (χ1v) is 11.0. The molecule has 4 rings (SSSR count). The lowest BCUT2D eigenvalue weighted by Crippen LogP contribution is -2.46. The highest BCUT2D eigenvalue weighted by Crippen LogP contribution is 2.34. The van der Waals surface area contributed by atoms with Gasteiger partial charge >= 0.3 is 6.03 Å². The van der Waals surface area contributed by atoms with Gasteiger partial charge in [0.15, 0.2) is 0 Å². The van der Waals surface area contributed by atoms with Crippen LogP contribution in [0.25, 0.3) is 5.69 Å². The van der Waals surface area contributed by atoms with E-state index in [0.29, 0.717) is 6.04 Å². The summed E-state index contributed by atoms with van der Waals surface area (Å²) < 4.78 is 7.25. The van der Waals surface area contributed by atoms with Gasteiger partial charge in [0.1, 0.15) is 5.75 Å². The second-order valence-electron chi connectivity index (χ2n) is 8.48. The minimum absolute atomic E-state index is 0.0421. The second kappa shape index (κ2) is 8.94. The first-order chi connectivity index (χ1) is 14.5. The number of benzene rings is 1. The van der Waals surface area contributed by atoms with Gasteiger partial charge in [0, 0.05) is 29.3 Å². The Hall–Kier alpha value is -2.76. The number of carbonyl (C=O) groups is 1. The van der Waals surface area contributed by atoms with E-state index >= 15 is 0 Å². The van der Waals surface area contributed by atoms with Gasteiger partial charge in [0.25, 0.3) is 0 Å². The molecule has 0 radical (unpaired) electrons. The van der Waals surface area contributed by atoms with Crippen molar-refractivity contribution < 1.29 is 9.53 Å². The van der Waals surface area contributed by atoms with Crippen LogP contribution >= 0.6 is 0 Å². The zero-order valence-electron chi connectivity index (χ0n) is 18.1. The monoisotopic (exact) mass is 408 g/mol. The van der Waals surface area contributed by atoms with Gasteiger partial charge in [-0.25, -0.2) is 9.48 Å². The van der Waals surface area contributed by atoms with Crippen LogP contribution in [0.3, 0.4) is 0 Å². The molecule has 0 unspecified atom stereocenters. The SMILES string of the molecule is COc1ccc(-n2nc(C)c([C@@H]3C=C[C@@H](NC(=O)NC4CCCCC4)C3)c2C)cc1. The quantitative estimate of drug-likeness (QED) is 0.714. The molecule has 1 aromatic heterocycles. The van der Waals surface area contributed by atoms with Crippen LogP contribution in [-0.2, 0) is 0 Å². The molecule has 160 valence electrons. The third-order valence-electron chi connectivity index (χ3n) is 6.38. The van der Waals surface area contributed by atoms with E-state index in [9.17, 15) is 4.79 Å². The van der Waals surface area contributed by atoms with Crippen molar-refractivity contribution in [2.75, 3.05) is 7.11 Å². The van der Waals surface area contributed by atoms with Crippen molar-refractivity contribution in [1.82, 2.24) is 20.4 Å². The van der Waals surface area contributed by atoms with E-state index in [0.717, 1.165) is 42.1 Å². The second-order valence-corrected chi connectivity index (χ2v) is 8.48. The van der Waals surface area contributed by atoms with E-state index in [2.05, 4.69) is 36.6 Å². The van der Waals surface area contributed by atoms with Gasteiger partial charge in [-0.05, 0) is 57.4 Å².